The smallest absolute Gasteiger partial charge is 0.326 e. The van der Waals surface area contributed by atoms with Gasteiger partial charge in [0.1, 0.15) is 6.04 Å². The quantitative estimate of drug-likeness (QED) is 0.430. The number of carboxylic acids is 1. The Labute approximate surface area is 219 Å². The van der Waals surface area contributed by atoms with Gasteiger partial charge >= 0.3 is 5.97 Å². The van der Waals surface area contributed by atoms with Gasteiger partial charge in [-0.15, -0.1) is 0 Å². The average Bonchev–Trinajstić information content (AvgIpc) is 2.86. The summed E-state index contributed by atoms with van der Waals surface area (Å²) in [6.45, 7) is 2.97. The Morgan fingerprint density at radius 1 is 1.14 bits per heavy atom. The van der Waals surface area contributed by atoms with Crippen molar-refractivity contribution in [1.82, 2.24) is 10.3 Å². The van der Waals surface area contributed by atoms with E-state index in [1.54, 1.807) is 24.3 Å². The van der Waals surface area contributed by atoms with E-state index in [4.69, 9.17) is 27.9 Å². The third-order valence-corrected chi connectivity index (χ3v) is 7.26. The molecule has 1 spiro atoms. The minimum Gasteiger partial charge on any atom is -0.480 e. The molecule has 0 bridgehead atoms. The molecule has 3 N–H and O–H groups in total. The van der Waals surface area contributed by atoms with Crippen molar-refractivity contribution < 1.29 is 24.2 Å². The standard InChI is InChI=1S/C26H27Cl2N3O5/c1-2-3-17-22(26(23(17)32)8-10-36-11-9-26)31-20(25(34)35)12-15-4-6-16(7-5-15)30-24(33)21-18(27)13-29-14-19(21)28/h4-7,13-14,20,31H,2-3,8-12H2,1H3,(H,30,33)(H,34,35). The lowest BCUT2D eigenvalue weighted by molar-refractivity contribution is -0.140. The molecular formula is C26H27Cl2N3O5. The summed E-state index contributed by atoms with van der Waals surface area (Å²) < 4.78 is 5.45. The number of hydrogen-bond donors (Lipinski definition) is 3. The Morgan fingerprint density at radius 3 is 2.36 bits per heavy atom. The molecule has 1 aromatic heterocycles. The number of Topliss-reactive ketones (excluding diaryl/α,β-unsaturated/α-hetero) is 1. The van der Waals surface area contributed by atoms with Crippen molar-refractivity contribution >= 4 is 46.5 Å². The average molecular weight is 532 g/mol. The van der Waals surface area contributed by atoms with Gasteiger partial charge in [-0.3, -0.25) is 14.6 Å². The van der Waals surface area contributed by atoms with Gasteiger partial charge in [0.25, 0.3) is 5.91 Å². The SMILES string of the molecule is CCCC1=C(NC(Cc2ccc(NC(=O)c3c(Cl)cncc3Cl)cc2)C(=O)O)C2(CCOCC2)C1=O. The zero-order chi connectivity index (χ0) is 25.9. The first-order valence-electron chi connectivity index (χ1n) is 11.8. The molecule has 10 heteroatoms. The van der Waals surface area contributed by atoms with Crippen LogP contribution in [0.15, 0.2) is 47.9 Å². The minimum absolute atomic E-state index is 0.119. The molecule has 1 saturated heterocycles. The molecule has 0 radical (unpaired) electrons. The van der Waals surface area contributed by atoms with Crippen LogP contribution < -0.4 is 10.6 Å². The minimum atomic E-state index is -1.00. The number of carboxylic acid groups (broad SMARTS) is 1. The Kier molecular flexibility index (Phi) is 7.97. The van der Waals surface area contributed by atoms with Crippen LogP contribution in [0, 0.1) is 5.41 Å². The van der Waals surface area contributed by atoms with E-state index < -0.39 is 23.3 Å². The molecule has 4 rings (SSSR count). The topological polar surface area (TPSA) is 118 Å². The van der Waals surface area contributed by atoms with Crippen molar-refractivity contribution in [3.05, 3.63) is 69.1 Å². The molecule has 1 atom stereocenters. The third-order valence-electron chi connectivity index (χ3n) is 6.68. The van der Waals surface area contributed by atoms with Crippen LogP contribution in [0.1, 0.15) is 48.5 Å². The molecule has 2 aromatic rings. The lowest BCUT2D eigenvalue weighted by Crippen LogP contribution is -2.55. The molecule has 2 heterocycles. The number of nitrogens with zero attached hydrogens (tertiary/aromatic N) is 1. The predicted octanol–water partition coefficient (Wildman–Crippen LogP) is 4.66. The van der Waals surface area contributed by atoms with Crippen LogP contribution in [0.5, 0.6) is 0 Å². The molecule has 1 aliphatic heterocycles. The Hall–Kier alpha value is -2.94. The Morgan fingerprint density at radius 2 is 1.78 bits per heavy atom. The maximum atomic E-state index is 13.0. The van der Waals surface area contributed by atoms with Gasteiger partial charge in [-0.25, -0.2) is 4.79 Å². The van der Waals surface area contributed by atoms with Gasteiger partial charge in [-0.05, 0) is 37.0 Å². The zero-order valence-corrected chi connectivity index (χ0v) is 21.3. The fourth-order valence-electron chi connectivity index (χ4n) is 4.81. The molecule has 1 amide bonds. The lowest BCUT2D eigenvalue weighted by atomic mass is 9.61. The second-order valence-electron chi connectivity index (χ2n) is 9.00. The molecule has 36 heavy (non-hydrogen) atoms. The van der Waals surface area contributed by atoms with E-state index in [0.29, 0.717) is 43.7 Å². The number of ether oxygens (including phenoxy) is 1. The summed E-state index contributed by atoms with van der Waals surface area (Å²) in [7, 11) is 0. The second kappa shape index (κ2) is 11.0. The molecule has 0 saturated carbocycles. The summed E-state index contributed by atoms with van der Waals surface area (Å²) >= 11 is 12.1. The van der Waals surface area contributed by atoms with Crippen molar-refractivity contribution in [1.29, 1.82) is 0 Å². The van der Waals surface area contributed by atoms with Crippen LogP contribution in [-0.2, 0) is 20.7 Å². The van der Waals surface area contributed by atoms with E-state index in [1.807, 2.05) is 6.92 Å². The number of aromatic nitrogens is 1. The lowest BCUT2D eigenvalue weighted by Gasteiger charge is -2.47. The monoisotopic (exact) mass is 531 g/mol. The normalized spacial score (nSPS) is 17.5. The van der Waals surface area contributed by atoms with Gasteiger partial charge in [0.05, 0.1) is 21.0 Å². The van der Waals surface area contributed by atoms with E-state index in [9.17, 15) is 19.5 Å². The molecule has 1 unspecified atom stereocenters. The predicted molar refractivity (Wildman–Crippen MR) is 136 cm³/mol. The fourth-order valence-corrected chi connectivity index (χ4v) is 5.35. The van der Waals surface area contributed by atoms with Gasteiger partial charge in [-0.1, -0.05) is 48.7 Å². The number of allylic oxidation sites excluding steroid dienone is 2. The van der Waals surface area contributed by atoms with Crippen molar-refractivity contribution in [2.24, 2.45) is 5.41 Å². The van der Waals surface area contributed by atoms with Gasteiger partial charge in [0, 0.05) is 49.0 Å². The van der Waals surface area contributed by atoms with Gasteiger partial charge in [-0.2, -0.15) is 0 Å². The molecular weight excluding hydrogens is 505 g/mol. The number of amides is 1. The van der Waals surface area contributed by atoms with Crippen LogP contribution in [0.4, 0.5) is 5.69 Å². The highest BCUT2D eigenvalue weighted by Crippen LogP contribution is 2.50. The number of ketones is 1. The largest absolute Gasteiger partial charge is 0.480 e. The third kappa shape index (κ3) is 5.12. The van der Waals surface area contributed by atoms with E-state index in [-0.39, 0.29) is 27.8 Å². The number of anilines is 1. The highest BCUT2D eigenvalue weighted by atomic mass is 35.5. The molecule has 1 fully saturated rings. The number of aliphatic carboxylic acids is 1. The van der Waals surface area contributed by atoms with Gasteiger partial charge in [0.15, 0.2) is 5.78 Å². The summed E-state index contributed by atoms with van der Waals surface area (Å²) in [4.78, 5) is 41.5. The van der Waals surface area contributed by atoms with Crippen LogP contribution in [0.3, 0.4) is 0 Å². The number of carbonyl (C=O) groups excluding carboxylic acids is 2. The summed E-state index contributed by atoms with van der Waals surface area (Å²) in [5.41, 5.74) is 2.21. The number of hydrogen-bond acceptors (Lipinski definition) is 6. The van der Waals surface area contributed by atoms with Crippen molar-refractivity contribution in [2.75, 3.05) is 18.5 Å². The molecule has 1 aromatic carbocycles. The Bertz CT molecular complexity index is 1190. The number of pyridine rings is 1. The van der Waals surface area contributed by atoms with Crippen LogP contribution in [0.2, 0.25) is 10.0 Å². The van der Waals surface area contributed by atoms with E-state index in [2.05, 4.69) is 15.6 Å². The molecule has 8 nitrogen and oxygen atoms in total. The number of nitrogens with one attached hydrogen (secondary N) is 2. The molecule has 190 valence electrons. The maximum Gasteiger partial charge on any atom is 0.326 e. The van der Waals surface area contributed by atoms with Crippen molar-refractivity contribution in [2.45, 2.75) is 45.1 Å². The zero-order valence-electron chi connectivity index (χ0n) is 19.8. The Balaban J connectivity index is 1.47. The summed E-state index contributed by atoms with van der Waals surface area (Å²) in [5.74, 6) is -1.36. The maximum absolute atomic E-state index is 13.0. The number of carbonyl (C=O) groups is 3. The molecule has 1 aliphatic carbocycles. The van der Waals surface area contributed by atoms with E-state index in [1.165, 1.54) is 12.4 Å². The first kappa shape index (κ1) is 26.1. The number of halogens is 2. The van der Waals surface area contributed by atoms with Crippen LogP contribution >= 0.6 is 23.2 Å². The summed E-state index contributed by atoms with van der Waals surface area (Å²) in [6, 6.07) is 5.96. The fraction of sp³-hybridized carbons (Fsp3) is 0.385. The van der Waals surface area contributed by atoms with Gasteiger partial charge in [0.2, 0.25) is 0 Å². The molecule has 2 aliphatic rings. The van der Waals surface area contributed by atoms with E-state index >= 15 is 0 Å². The number of rotatable bonds is 9. The summed E-state index contributed by atoms with van der Waals surface area (Å²) in [5, 5.41) is 16.2. The summed E-state index contributed by atoms with van der Waals surface area (Å²) in [6.07, 6.45) is 5.43. The second-order valence-corrected chi connectivity index (χ2v) is 9.81. The van der Waals surface area contributed by atoms with Crippen molar-refractivity contribution in [3.63, 3.8) is 0 Å². The van der Waals surface area contributed by atoms with Crippen LogP contribution in [0.25, 0.3) is 0 Å². The first-order chi connectivity index (χ1) is 17.3. The van der Waals surface area contributed by atoms with Crippen molar-refractivity contribution in [3.8, 4) is 0 Å². The van der Waals surface area contributed by atoms with E-state index in [0.717, 1.165) is 17.7 Å². The van der Waals surface area contributed by atoms with Gasteiger partial charge < -0.3 is 20.5 Å². The van der Waals surface area contributed by atoms with Crippen LogP contribution in [-0.4, -0.2) is 47.0 Å². The highest BCUT2D eigenvalue weighted by Gasteiger charge is 2.54. The first-order valence-corrected chi connectivity index (χ1v) is 12.6. The highest BCUT2D eigenvalue weighted by molar-refractivity contribution is 6.40. The number of benzene rings is 1.